The molecule has 1 aromatic heterocycles. The molecule has 0 aliphatic rings. The van der Waals surface area contributed by atoms with Crippen molar-refractivity contribution >= 4 is 26.7 Å². The number of nitrogen functional groups attached to an aromatic ring is 1. The molecular formula is C12H17N3S. The van der Waals surface area contributed by atoms with Gasteiger partial charge in [-0.15, -0.1) is 0 Å². The van der Waals surface area contributed by atoms with Crippen LogP contribution in [0.15, 0.2) is 18.2 Å². The molecule has 0 radical (unpaired) electrons. The molecule has 0 amide bonds. The minimum Gasteiger partial charge on any atom is -0.375 e. The second kappa shape index (κ2) is 4.80. The number of fused-ring (bicyclic) bond motifs is 1. The maximum Gasteiger partial charge on any atom is 0.181 e. The van der Waals surface area contributed by atoms with E-state index in [0.717, 1.165) is 24.9 Å². The van der Waals surface area contributed by atoms with Crippen LogP contribution < -0.4 is 11.5 Å². The van der Waals surface area contributed by atoms with Crippen LogP contribution in [0.5, 0.6) is 0 Å². The molecule has 0 aliphatic carbocycles. The molecule has 2 aromatic rings. The van der Waals surface area contributed by atoms with Crippen LogP contribution in [0.4, 0.5) is 5.13 Å². The van der Waals surface area contributed by atoms with Gasteiger partial charge in [-0.25, -0.2) is 4.98 Å². The average Bonchev–Trinajstić information content (AvgIpc) is 2.65. The van der Waals surface area contributed by atoms with Gasteiger partial charge in [0, 0.05) is 0 Å². The normalized spacial score (nSPS) is 13.1. The van der Waals surface area contributed by atoms with E-state index in [0.29, 0.717) is 11.0 Å². The fourth-order valence-corrected chi connectivity index (χ4v) is 2.64. The Morgan fingerprint density at radius 3 is 2.94 bits per heavy atom. The van der Waals surface area contributed by atoms with Crippen molar-refractivity contribution in [1.82, 2.24) is 4.98 Å². The van der Waals surface area contributed by atoms with Crippen LogP contribution in [0.3, 0.4) is 0 Å². The molecule has 1 heterocycles. The van der Waals surface area contributed by atoms with Gasteiger partial charge in [0.05, 0.1) is 10.2 Å². The Bertz CT molecular complexity index is 474. The van der Waals surface area contributed by atoms with E-state index >= 15 is 0 Å². The number of nitrogens with zero attached hydrogens (tertiary/aromatic N) is 1. The summed E-state index contributed by atoms with van der Waals surface area (Å²) in [5.74, 6) is 0.572. The van der Waals surface area contributed by atoms with Crippen LogP contribution in [0.2, 0.25) is 0 Å². The third-order valence-corrected chi connectivity index (χ3v) is 3.75. The highest BCUT2D eigenvalue weighted by Gasteiger charge is 2.07. The zero-order valence-corrected chi connectivity index (χ0v) is 10.3. The molecule has 3 nitrogen and oxygen atoms in total. The Balaban J connectivity index is 2.24. The summed E-state index contributed by atoms with van der Waals surface area (Å²) in [6, 6.07) is 6.35. The summed E-state index contributed by atoms with van der Waals surface area (Å²) in [6.45, 7) is 2.93. The lowest BCUT2D eigenvalue weighted by molar-refractivity contribution is 0.519. The Morgan fingerprint density at radius 1 is 1.44 bits per heavy atom. The lowest BCUT2D eigenvalue weighted by Crippen LogP contribution is -2.15. The Morgan fingerprint density at radius 2 is 2.25 bits per heavy atom. The summed E-state index contributed by atoms with van der Waals surface area (Å²) in [5, 5.41) is 0.637. The van der Waals surface area contributed by atoms with E-state index in [1.807, 2.05) is 6.07 Å². The fraction of sp³-hybridized carbons (Fsp3) is 0.417. The predicted octanol–water partition coefficient (Wildman–Crippen LogP) is 2.41. The van der Waals surface area contributed by atoms with Gasteiger partial charge in [0.25, 0.3) is 0 Å². The number of hydrogen-bond acceptors (Lipinski definition) is 4. The van der Waals surface area contributed by atoms with Gasteiger partial charge in [-0.05, 0) is 36.6 Å². The van der Waals surface area contributed by atoms with E-state index in [1.54, 1.807) is 11.3 Å². The van der Waals surface area contributed by atoms with E-state index in [1.165, 1.54) is 10.3 Å². The number of anilines is 1. The highest BCUT2D eigenvalue weighted by Crippen LogP contribution is 2.25. The second-order valence-corrected chi connectivity index (χ2v) is 5.13. The van der Waals surface area contributed by atoms with Gasteiger partial charge >= 0.3 is 0 Å². The molecule has 0 fully saturated rings. The van der Waals surface area contributed by atoms with Crippen molar-refractivity contribution in [2.45, 2.75) is 19.8 Å². The van der Waals surface area contributed by atoms with E-state index in [9.17, 15) is 0 Å². The summed E-state index contributed by atoms with van der Waals surface area (Å²) in [7, 11) is 0. The van der Waals surface area contributed by atoms with Crippen LogP contribution in [0.1, 0.15) is 18.9 Å². The summed E-state index contributed by atoms with van der Waals surface area (Å²) in [6.07, 6.45) is 2.17. The van der Waals surface area contributed by atoms with Crippen molar-refractivity contribution in [1.29, 1.82) is 0 Å². The second-order valence-electron chi connectivity index (χ2n) is 4.07. The summed E-state index contributed by atoms with van der Waals surface area (Å²) < 4.78 is 1.17. The molecule has 0 saturated heterocycles. The predicted molar refractivity (Wildman–Crippen MR) is 70.6 cm³/mol. The van der Waals surface area contributed by atoms with Crippen LogP contribution in [0, 0.1) is 5.92 Å². The molecule has 2 rings (SSSR count). The van der Waals surface area contributed by atoms with E-state index in [4.69, 9.17) is 11.5 Å². The molecule has 4 N–H and O–H groups in total. The quantitative estimate of drug-likeness (QED) is 0.855. The standard InChI is InChI=1S/C12H17N3S/c1-2-8(7-13)5-9-3-4-10-11(6-9)16-12(14)15-10/h3-4,6,8H,2,5,7,13H2,1H3,(H2,14,15). The third-order valence-electron chi connectivity index (χ3n) is 2.90. The van der Waals surface area contributed by atoms with Gasteiger partial charge in [-0.1, -0.05) is 30.7 Å². The minimum atomic E-state index is 0.572. The van der Waals surface area contributed by atoms with Crippen molar-refractivity contribution in [3.8, 4) is 0 Å². The minimum absolute atomic E-state index is 0.572. The largest absolute Gasteiger partial charge is 0.375 e. The topological polar surface area (TPSA) is 64.9 Å². The van der Waals surface area contributed by atoms with Crippen molar-refractivity contribution in [3.63, 3.8) is 0 Å². The average molecular weight is 235 g/mol. The van der Waals surface area contributed by atoms with Crippen LogP contribution in [-0.4, -0.2) is 11.5 Å². The first-order valence-electron chi connectivity index (χ1n) is 5.58. The molecule has 1 aromatic carbocycles. The molecule has 1 atom stereocenters. The molecule has 0 saturated carbocycles. The number of thiazole rings is 1. The van der Waals surface area contributed by atoms with Gasteiger partial charge in [-0.3, -0.25) is 0 Å². The zero-order chi connectivity index (χ0) is 11.5. The zero-order valence-electron chi connectivity index (χ0n) is 9.44. The van der Waals surface area contributed by atoms with Gasteiger partial charge < -0.3 is 11.5 Å². The van der Waals surface area contributed by atoms with E-state index < -0.39 is 0 Å². The first-order chi connectivity index (χ1) is 7.72. The monoisotopic (exact) mass is 235 g/mol. The van der Waals surface area contributed by atoms with Crippen molar-refractivity contribution in [2.24, 2.45) is 11.7 Å². The maximum absolute atomic E-state index is 5.72. The molecular weight excluding hydrogens is 218 g/mol. The highest BCUT2D eigenvalue weighted by molar-refractivity contribution is 7.22. The smallest absolute Gasteiger partial charge is 0.181 e. The molecule has 4 heteroatoms. The molecule has 0 spiro atoms. The first kappa shape index (κ1) is 11.4. The summed E-state index contributed by atoms with van der Waals surface area (Å²) >= 11 is 1.54. The van der Waals surface area contributed by atoms with Crippen molar-refractivity contribution in [2.75, 3.05) is 12.3 Å². The highest BCUT2D eigenvalue weighted by atomic mass is 32.1. The lowest BCUT2D eigenvalue weighted by atomic mass is 9.97. The number of rotatable bonds is 4. The van der Waals surface area contributed by atoms with E-state index in [-0.39, 0.29) is 0 Å². The van der Waals surface area contributed by atoms with Crippen molar-refractivity contribution in [3.05, 3.63) is 23.8 Å². The maximum atomic E-state index is 5.72. The molecule has 1 unspecified atom stereocenters. The third kappa shape index (κ3) is 2.33. The molecule has 86 valence electrons. The Kier molecular flexibility index (Phi) is 3.41. The van der Waals surface area contributed by atoms with Gasteiger partial charge in [-0.2, -0.15) is 0 Å². The molecule has 16 heavy (non-hydrogen) atoms. The summed E-state index contributed by atoms with van der Waals surface area (Å²) in [5.41, 5.74) is 13.7. The van der Waals surface area contributed by atoms with Crippen molar-refractivity contribution < 1.29 is 0 Å². The van der Waals surface area contributed by atoms with Crippen LogP contribution in [0.25, 0.3) is 10.2 Å². The molecule has 0 bridgehead atoms. The van der Waals surface area contributed by atoms with Gasteiger partial charge in [0.15, 0.2) is 5.13 Å². The Labute approximate surface area is 99.5 Å². The Hall–Kier alpha value is -1.13. The number of aromatic nitrogens is 1. The van der Waals surface area contributed by atoms with Gasteiger partial charge in [0.2, 0.25) is 0 Å². The number of benzene rings is 1. The first-order valence-corrected chi connectivity index (χ1v) is 6.39. The fourth-order valence-electron chi connectivity index (χ4n) is 1.84. The van der Waals surface area contributed by atoms with Gasteiger partial charge in [0.1, 0.15) is 0 Å². The van der Waals surface area contributed by atoms with E-state index in [2.05, 4.69) is 24.0 Å². The lowest BCUT2D eigenvalue weighted by Gasteiger charge is -2.11. The van der Waals surface area contributed by atoms with Crippen LogP contribution >= 0.6 is 11.3 Å². The molecule has 0 aliphatic heterocycles. The SMILES string of the molecule is CCC(CN)Cc1ccc2nc(N)sc2c1. The summed E-state index contributed by atoms with van der Waals surface area (Å²) in [4.78, 5) is 4.25. The van der Waals surface area contributed by atoms with Crippen LogP contribution in [-0.2, 0) is 6.42 Å². The number of hydrogen-bond donors (Lipinski definition) is 2. The number of nitrogens with two attached hydrogens (primary N) is 2.